The Balaban J connectivity index is 1.44. The van der Waals surface area contributed by atoms with Crippen molar-refractivity contribution in [2.24, 2.45) is 11.8 Å². The Kier molecular flexibility index (Phi) is 7.36. The van der Waals surface area contributed by atoms with Gasteiger partial charge in [0.2, 0.25) is 11.8 Å². The molecule has 8 nitrogen and oxygen atoms in total. The van der Waals surface area contributed by atoms with Crippen LogP contribution in [0.2, 0.25) is 0 Å². The molecule has 202 valence electrons. The largest absolute Gasteiger partial charge is 0.349 e. The maximum absolute atomic E-state index is 14.3. The number of fused-ring (bicyclic) bond motifs is 1. The van der Waals surface area contributed by atoms with Gasteiger partial charge in [0, 0.05) is 25.5 Å². The van der Waals surface area contributed by atoms with Gasteiger partial charge in [0.05, 0.1) is 41.9 Å². The number of nitrogens with one attached hydrogen (secondary N) is 2. The Hall–Kier alpha value is -3.50. The van der Waals surface area contributed by atoms with Gasteiger partial charge in [-0.3, -0.25) is 14.6 Å². The lowest BCUT2D eigenvalue weighted by molar-refractivity contribution is -0.122. The predicted molar refractivity (Wildman–Crippen MR) is 133 cm³/mol. The Labute approximate surface area is 218 Å². The van der Waals surface area contributed by atoms with E-state index in [1.165, 1.54) is 12.3 Å². The minimum Gasteiger partial charge on any atom is -0.349 e. The molecule has 3 aromatic rings. The highest BCUT2D eigenvalue weighted by Crippen LogP contribution is 2.42. The molecule has 38 heavy (non-hydrogen) atoms. The Morgan fingerprint density at radius 3 is 2.53 bits per heavy atom. The zero-order valence-electron chi connectivity index (χ0n) is 21.2. The Morgan fingerprint density at radius 1 is 1.11 bits per heavy atom. The molecule has 0 radical (unpaired) electrons. The second-order valence-electron chi connectivity index (χ2n) is 10.4. The van der Waals surface area contributed by atoms with Gasteiger partial charge in [0.15, 0.2) is 11.5 Å². The molecule has 11 heteroatoms. The molecule has 0 saturated heterocycles. The number of hydrogen-bond acceptors (Lipinski definition) is 5. The number of pyridine rings is 1. The van der Waals surface area contributed by atoms with Gasteiger partial charge in [0.1, 0.15) is 0 Å². The van der Waals surface area contributed by atoms with Crippen molar-refractivity contribution in [2.75, 3.05) is 0 Å². The van der Waals surface area contributed by atoms with Gasteiger partial charge in [-0.25, -0.2) is 22.7 Å². The van der Waals surface area contributed by atoms with Crippen LogP contribution in [-0.4, -0.2) is 37.3 Å². The number of carbonyl (C=O) groups excluding carboxylic acids is 2. The maximum Gasteiger partial charge on any atom is 0.254 e. The van der Waals surface area contributed by atoms with Crippen LogP contribution in [-0.2, 0) is 4.79 Å². The van der Waals surface area contributed by atoms with E-state index >= 15 is 0 Å². The lowest BCUT2D eigenvalue weighted by atomic mass is 9.81. The monoisotopic (exact) mass is 528 g/mol. The van der Waals surface area contributed by atoms with Gasteiger partial charge in [-0.05, 0) is 61.6 Å². The molecule has 2 fully saturated rings. The van der Waals surface area contributed by atoms with Gasteiger partial charge in [-0.15, -0.1) is 0 Å². The predicted octanol–water partition coefficient (Wildman–Crippen LogP) is 4.93. The minimum atomic E-state index is -2.74. The first-order chi connectivity index (χ1) is 18.2. The SMILES string of the molecule is CCCC(=O)N[C@@H](c1cnn2cc([C@@H](NC(=O)c3ccncc3F)C3CCC(F)(F)CC3)nc2c1)C1CC1. The fourth-order valence-electron chi connectivity index (χ4n) is 5.21. The summed E-state index contributed by atoms with van der Waals surface area (Å²) in [5.74, 6) is -4.13. The fourth-order valence-corrected chi connectivity index (χ4v) is 5.21. The zero-order valence-corrected chi connectivity index (χ0v) is 21.2. The third-order valence-electron chi connectivity index (χ3n) is 7.46. The lowest BCUT2D eigenvalue weighted by Crippen LogP contribution is -2.37. The highest BCUT2D eigenvalue weighted by atomic mass is 19.3. The number of hydrogen-bond donors (Lipinski definition) is 2. The van der Waals surface area contributed by atoms with Crippen LogP contribution in [0.3, 0.4) is 0 Å². The first kappa shape index (κ1) is 26.1. The van der Waals surface area contributed by atoms with Crippen molar-refractivity contribution in [2.45, 2.75) is 76.3 Å². The second kappa shape index (κ2) is 10.7. The molecule has 0 spiro atoms. The smallest absolute Gasteiger partial charge is 0.254 e. The van der Waals surface area contributed by atoms with Crippen LogP contribution >= 0.6 is 0 Å². The maximum atomic E-state index is 14.3. The van der Waals surface area contributed by atoms with Crippen molar-refractivity contribution in [1.82, 2.24) is 30.2 Å². The van der Waals surface area contributed by atoms with E-state index in [-0.39, 0.29) is 49.1 Å². The Morgan fingerprint density at radius 2 is 1.84 bits per heavy atom. The molecule has 2 N–H and O–H groups in total. The first-order valence-electron chi connectivity index (χ1n) is 13.2. The molecule has 2 atom stereocenters. The van der Waals surface area contributed by atoms with Crippen LogP contribution in [0.1, 0.15) is 92.0 Å². The molecule has 2 amide bonds. The molecule has 3 heterocycles. The summed E-state index contributed by atoms with van der Waals surface area (Å²) < 4.78 is 43.7. The standard InChI is InChI=1S/C27H31F3N6O2/c1-2-3-23(37)34-24(16-4-5-16)18-12-22-33-21(15-36(22)32-13-18)25(17-6-9-27(29,30)10-7-17)35-26(38)19-8-11-31-14-20(19)28/h8,11-17,24-25H,2-7,9-10H2,1H3,(H,34,37)(H,35,38)/t24-,25+/m1/s1. The Bertz CT molecular complexity index is 1320. The molecule has 2 saturated carbocycles. The van der Waals surface area contributed by atoms with Crippen LogP contribution in [0.5, 0.6) is 0 Å². The van der Waals surface area contributed by atoms with Crippen molar-refractivity contribution in [1.29, 1.82) is 0 Å². The molecule has 2 aliphatic rings. The van der Waals surface area contributed by atoms with Crippen molar-refractivity contribution in [3.63, 3.8) is 0 Å². The van der Waals surface area contributed by atoms with Crippen molar-refractivity contribution >= 4 is 17.5 Å². The van der Waals surface area contributed by atoms with Crippen LogP contribution < -0.4 is 10.6 Å². The molecule has 0 unspecified atom stereocenters. The summed E-state index contributed by atoms with van der Waals surface area (Å²) in [6.07, 6.45) is 8.70. The number of nitrogens with zero attached hydrogens (tertiary/aromatic N) is 4. The van der Waals surface area contributed by atoms with E-state index in [0.717, 1.165) is 31.0 Å². The van der Waals surface area contributed by atoms with Gasteiger partial charge in [0.25, 0.3) is 5.91 Å². The average molecular weight is 529 g/mol. The van der Waals surface area contributed by atoms with Crippen LogP contribution in [0.15, 0.2) is 36.9 Å². The van der Waals surface area contributed by atoms with Crippen molar-refractivity contribution < 1.29 is 22.8 Å². The van der Waals surface area contributed by atoms with Gasteiger partial charge >= 0.3 is 0 Å². The van der Waals surface area contributed by atoms with E-state index in [9.17, 15) is 22.8 Å². The number of carbonyl (C=O) groups is 2. The molecular formula is C27H31F3N6O2. The quantitative estimate of drug-likeness (QED) is 0.410. The lowest BCUT2D eigenvalue weighted by Gasteiger charge is -2.33. The molecule has 3 aromatic heterocycles. The number of rotatable bonds is 9. The summed E-state index contributed by atoms with van der Waals surface area (Å²) in [5.41, 5.74) is 1.65. The molecule has 0 bridgehead atoms. The van der Waals surface area contributed by atoms with Crippen LogP contribution in [0.4, 0.5) is 13.2 Å². The molecule has 0 aromatic carbocycles. The number of imidazole rings is 1. The summed E-state index contributed by atoms with van der Waals surface area (Å²) in [6.45, 7) is 1.96. The topological polar surface area (TPSA) is 101 Å². The van der Waals surface area contributed by atoms with E-state index in [1.807, 2.05) is 13.0 Å². The zero-order chi connectivity index (χ0) is 26.9. The van der Waals surface area contributed by atoms with E-state index in [1.54, 1.807) is 16.9 Å². The van der Waals surface area contributed by atoms with Gasteiger partial charge < -0.3 is 10.6 Å². The van der Waals surface area contributed by atoms with E-state index in [2.05, 4.69) is 20.7 Å². The van der Waals surface area contributed by atoms with Crippen LogP contribution in [0.25, 0.3) is 5.65 Å². The third kappa shape index (κ3) is 5.81. The number of aromatic nitrogens is 4. The molecule has 5 rings (SSSR count). The van der Waals surface area contributed by atoms with E-state index in [0.29, 0.717) is 23.7 Å². The number of amides is 2. The van der Waals surface area contributed by atoms with E-state index < -0.39 is 23.7 Å². The second-order valence-corrected chi connectivity index (χ2v) is 10.4. The molecule has 0 aliphatic heterocycles. The minimum absolute atomic E-state index is 0.00600. The molecular weight excluding hydrogens is 497 g/mol. The third-order valence-corrected chi connectivity index (χ3v) is 7.46. The normalized spacial score (nSPS) is 19.2. The summed E-state index contributed by atoms with van der Waals surface area (Å²) in [7, 11) is 0. The number of alkyl halides is 2. The summed E-state index contributed by atoms with van der Waals surface area (Å²) in [4.78, 5) is 33.7. The van der Waals surface area contributed by atoms with Gasteiger partial charge in [-0.1, -0.05) is 6.92 Å². The van der Waals surface area contributed by atoms with Crippen molar-refractivity contribution in [3.05, 3.63) is 59.6 Å². The average Bonchev–Trinajstić information content (AvgIpc) is 3.64. The molecule has 2 aliphatic carbocycles. The summed E-state index contributed by atoms with van der Waals surface area (Å²) in [6, 6.07) is 2.28. The van der Waals surface area contributed by atoms with E-state index in [4.69, 9.17) is 4.98 Å². The van der Waals surface area contributed by atoms with Crippen LogP contribution in [0, 0.1) is 17.7 Å². The number of halogens is 3. The fraction of sp³-hybridized carbons (Fsp3) is 0.519. The highest BCUT2D eigenvalue weighted by molar-refractivity contribution is 5.94. The highest BCUT2D eigenvalue weighted by Gasteiger charge is 2.40. The summed E-state index contributed by atoms with van der Waals surface area (Å²) in [5, 5.41) is 10.4. The first-order valence-corrected chi connectivity index (χ1v) is 13.2. The van der Waals surface area contributed by atoms with Crippen molar-refractivity contribution in [3.8, 4) is 0 Å². The summed E-state index contributed by atoms with van der Waals surface area (Å²) >= 11 is 0. The van der Waals surface area contributed by atoms with Gasteiger partial charge in [-0.2, -0.15) is 5.10 Å².